The summed E-state index contributed by atoms with van der Waals surface area (Å²) in [6.07, 6.45) is 3.87. The standard InChI is InChI=1S/C17H32O4Si/c1-9-15(21-22(7,8)17(4,5)6)14(3)20-16(19)12-10-11-13(2)18/h9-10,12-15,18H,1,11H2,2-8H3/b12-10+/t13-,14-,15+/m0/s1. The molecule has 0 amide bonds. The molecule has 0 heterocycles. The van der Waals surface area contributed by atoms with Crippen LogP contribution in [0.3, 0.4) is 0 Å². The van der Waals surface area contributed by atoms with Gasteiger partial charge in [0.15, 0.2) is 8.32 Å². The van der Waals surface area contributed by atoms with Gasteiger partial charge in [-0.3, -0.25) is 0 Å². The highest BCUT2D eigenvalue weighted by molar-refractivity contribution is 6.74. The zero-order valence-electron chi connectivity index (χ0n) is 15.1. The van der Waals surface area contributed by atoms with Crippen molar-refractivity contribution >= 4 is 14.3 Å². The third-order valence-electron chi connectivity index (χ3n) is 3.97. The summed E-state index contributed by atoms with van der Waals surface area (Å²) in [5.74, 6) is -0.432. The molecule has 5 heteroatoms. The topological polar surface area (TPSA) is 55.8 Å². The molecule has 0 saturated heterocycles. The van der Waals surface area contributed by atoms with Crippen molar-refractivity contribution in [3.05, 3.63) is 24.8 Å². The molecule has 0 aliphatic carbocycles. The van der Waals surface area contributed by atoms with E-state index in [2.05, 4.69) is 40.4 Å². The Morgan fingerprint density at radius 2 is 1.86 bits per heavy atom. The number of ether oxygens (including phenoxy) is 1. The second kappa shape index (κ2) is 8.65. The Labute approximate surface area is 136 Å². The number of carbonyl (C=O) groups excluding carboxylic acids is 1. The molecular weight excluding hydrogens is 296 g/mol. The van der Waals surface area contributed by atoms with Gasteiger partial charge in [-0.05, 0) is 38.4 Å². The Balaban J connectivity index is 4.67. The van der Waals surface area contributed by atoms with Crippen LogP contribution in [0.15, 0.2) is 24.8 Å². The second-order valence-corrected chi connectivity index (χ2v) is 12.0. The highest BCUT2D eigenvalue weighted by atomic mass is 28.4. The number of hydrogen-bond donors (Lipinski definition) is 1. The van der Waals surface area contributed by atoms with Gasteiger partial charge in [0.25, 0.3) is 0 Å². The fourth-order valence-corrected chi connectivity index (χ4v) is 2.83. The SMILES string of the molecule is C=C[C@@H](O[Si](C)(C)C(C)(C)C)[C@H](C)OC(=O)/C=C/C[C@H](C)O. The maximum absolute atomic E-state index is 11.7. The van der Waals surface area contributed by atoms with Crippen molar-refractivity contribution in [1.29, 1.82) is 0 Å². The molecule has 0 aliphatic heterocycles. The number of carbonyl (C=O) groups is 1. The molecule has 0 aromatic carbocycles. The first-order chi connectivity index (χ1) is 9.90. The molecule has 0 unspecified atom stereocenters. The van der Waals surface area contributed by atoms with Gasteiger partial charge in [0, 0.05) is 6.08 Å². The minimum absolute atomic E-state index is 0.0785. The normalized spacial score (nSPS) is 17.1. The molecule has 0 radical (unpaired) electrons. The lowest BCUT2D eigenvalue weighted by Gasteiger charge is -2.39. The quantitative estimate of drug-likeness (QED) is 0.318. The fourth-order valence-electron chi connectivity index (χ4n) is 1.50. The Bertz CT molecular complexity index is 394. The molecule has 0 aromatic heterocycles. The summed E-state index contributed by atoms with van der Waals surface area (Å²) >= 11 is 0. The lowest BCUT2D eigenvalue weighted by atomic mass is 10.2. The number of hydrogen-bond acceptors (Lipinski definition) is 4. The predicted molar refractivity (Wildman–Crippen MR) is 93.3 cm³/mol. The molecule has 1 N–H and O–H groups in total. The van der Waals surface area contributed by atoms with E-state index in [1.54, 1.807) is 26.0 Å². The van der Waals surface area contributed by atoms with Gasteiger partial charge in [-0.1, -0.05) is 32.9 Å². The van der Waals surface area contributed by atoms with Gasteiger partial charge < -0.3 is 14.3 Å². The monoisotopic (exact) mass is 328 g/mol. The van der Waals surface area contributed by atoms with Gasteiger partial charge in [0.2, 0.25) is 0 Å². The van der Waals surface area contributed by atoms with Crippen LogP contribution in [0.25, 0.3) is 0 Å². The van der Waals surface area contributed by atoms with Crippen LogP contribution in [0, 0.1) is 0 Å². The molecule has 128 valence electrons. The number of esters is 1. The van der Waals surface area contributed by atoms with E-state index in [1.165, 1.54) is 6.08 Å². The molecule has 0 bridgehead atoms. The molecule has 0 spiro atoms. The van der Waals surface area contributed by atoms with E-state index < -0.39 is 26.5 Å². The summed E-state index contributed by atoms with van der Waals surface area (Å²) in [5, 5.41) is 9.22. The molecule has 0 fully saturated rings. The largest absolute Gasteiger partial charge is 0.456 e. The molecule has 0 aromatic rings. The zero-order valence-corrected chi connectivity index (χ0v) is 16.1. The predicted octanol–water partition coefficient (Wildman–Crippen LogP) is 3.82. The number of rotatable bonds is 8. The summed E-state index contributed by atoms with van der Waals surface area (Å²) < 4.78 is 11.6. The van der Waals surface area contributed by atoms with Gasteiger partial charge in [-0.15, -0.1) is 6.58 Å². The van der Waals surface area contributed by atoms with Crippen LogP contribution in [0.1, 0.15) is 41.0 Å². The molecule has 22 heavy (non-hydrogen) atoms. The number of aliphatic hydroxyl groups is 1. The maximum atomic E-state index is 11.7. The molecule has 0 saturated carbocycles. The van der Waals surface area contributed by atoms with Crippen LogP contribution < -0.4 is 0 Å². The van der Waals surface area contributed by atoms with Crippen LogP contribution in [-0.4, -0.2) is 37.7 Å². The van der Waals surface area contributed by atoms with Crippen molar-refractivity contribution in [3.63, 3.8) is 0 Å². The third-order valence-corrected chi connectivity index (χ3v) is 8.44. The van der Waals surface area contributed by atoms with Gasteiger partial charge >= 0.3 is 5.97 Å². The van der Waals surface area contributed by atoms with Crippen molar-refractivity contribution < 1.29 is 19.1 Å². The van der Waals surface area contributed by atoms with Gasteiger partial charge in [-0.2, -0.15) is 0 Å². The Hall–Kier alpha value is -0.913. The Morgan fingerprint density at radius 1 is 1.32 bits per heavy atom. The van der Waals surface area contributed by atoms with Crippen LogP contribution in [0.2, 0.25) is 18.1 Å². The van der Waals surface area contributed by atoms with Gasteiger partial charge in [0.1, 0.15) is 12.2 Å². The molecule has 0 aliphatic rings. The lowest BCUT2D eigenvalue weighted by Crippen LogP contribution is -2.46. The highest BCUT2D eigenvalue weighted by Crippen LogP contribution is 2.37. The van der Waals surface area contributed by atoms with E-state index in [9.17, 15) is 4.79 Å². The lowest BCUT2D eigenvalue weighted by molar-refractivity contribution is -0.145. The minimum atomic E-state index is -1.96. The van der Waals surface area contributed by atoms with E-state index in [0.29, 0.717) is 6.42 Å². The average molecular weight is 329 g/mol. The van der Waals surface area contributed by atoms with E-state index in [1.807, 2.05) is 0 Å². The summed E-state index contributed by atoms with van der Waals surface area (Å²) in [6.45, 7) is 18.1. The first kappa shape index (κ1) is 21.1. The smallest absolute Gasteiger partial charge is 0.330 e. The first-order valence-corrected chi connectivity index (χ1v) is 10.7. The van der Waals surface area contributed by atoms with Crippen LogP contribution in [-0.2, 0) is 14.0 Å². The van der Waals surface area contributed by atoms with Gasteiger partial charge in [-0.25, -0.2) is 4.79 Å². The van der Waals surface area contributed by atoms with Crippen molar-refractivity contribution in [2.75, 3.05) is 0 Å². The number of aliphatic hydroxyl groups excluding tert-OH is 1. The first-order valence-electron chi connectivity index (χ1n) is 7.76. The van der Waals surface area contributed by atoms with E-state index >= 15 is 0 Å². The Kier molecular flexibility index (Phi) is 8.29. The van der Waals surface area contributed by atoms with Crippen molar-refractivity contribution in [2.24, 2.45) is 0 Å². The van der Waals surface area contributed by atoms with Crippen molar-refractivity contribution in [2.45, 2.75) is 77.5 Å². The Morgan fingerprint density at radius 3 is 2.27 bits per heavy atom. The summed E-state index contributed by atoms with van der Waals surface area (Å²) in [7, 11) is -1.96. The summed E-state index contributed by atoms with van der Waals surface area (Å²) in [4.78, 5) is 11.7. The maximum Gasteiger partial charge on any atom is 0.330 e. The van der Waals surface area contributed by atoms with E-state index in [4.69, 9.17) is 14.3 Å². The van der Waals surface area contributed by atoms with Crippen LogP contribution >= 0.6 is 0 Å². The zero-order chi connectivity index (χ0) is 17.6. The second-order valence-electron chi connectivity index (χ2n) is 7.21. The van der Waals surface area contributed by atoms with Crippen LogP contribution in [0.5, 0.6) is 0 Å². The molecule has 4 nitrogen and oxygen atoms in total. The average Bonchev–Trinajstić information content (AvgIpc) is 2.33. The van der Waals surface area contributed by atoms with Crippen molar-refractivity contribution in [3.8, 4) is 0 Å². The van der Waals surface area contributed by atoms with E-state index in [0.717, 1.165) is 0 Å². The van der Waals surface area contributed by atoms with Crippen molar-refractivity contribution in [1.82, 2.24) is 0 Å². The molecule has 0 rings (SSSR count). The summed E-state index contributed by atoms with van der Waals surface area (Å²) in [5.41, 5.74) is 0. The highest BCUT2D eigenvalue weighted by Gasteiger charge is 2.40. The third kappa shape index (κ3) is 7.38. The van der Waals surface area contributed by atoms with Gasteiger partial charge in [0.05, 0.1) is 6.10 Å². The fraction of sp³-hybridized carbons (Fsp3) is 0.706. The molecule has 3 atom stereocenters. The molecular formula is C17H32O4Si. The van der Waals surface area contributed by atoms with Crippen LogP contribution in [0.4, 0.5) is 0 Å². The van der Waals surface area contributed by atoms with E-state index in [-0.39, 0.29) is 11.1 Å². The minimum Gasteiger partial charge on any atom is -0.456 e. The summed E-state index contributed by atoms with van der Waals surface area (Å²) in [6, 6.07) is 0.